The lowest BCUT2D eigenvalue weighted by molar-refractivity contribution is 0.174. The third-order valence-corrected chi connectivity index (χ3v) is 2.97. The number of nitrogens with one attached hydrogen (secondary N) is 1. The summed E-state index contributed by atoms with van der Waals surface area (Å²) >= 11 is 0. The van der Waals surface area contributed by atoms with Gasteiger partial charge in [0, 0.05) is 5.56 Å². The standard InChI is InChI=1S/C12H9N5O2/c13-12-15-10(7-4-14-17-11(7)16-12)6-1-2-8-9(3-6)19-5-18-8/h1-4H,5H2,(H3,13,14,15,16,17). The number of fused-ring (bicyclic) bond motifs is 2. The zero-order valence-corrected chi connectivity index (χ0v) is 9.75. The van der Waals surface area contributed by atoms with Crippen LogP contribution in [0.3, 0.4) is 0 Å². The lowest BCUT2D eigenvalue weighted by Gasteiger charge is -2.04. The molecule has 2 aromatic heterocycles. The lowest BCUT2D eigenvalue weighted by Crippen LogP contribution is -1.97. The summed E-state index contributed by atoms with van der Waals surface area (Å²) < 4.78 is 10.7. The SMILES string of the molecule is Nc1nc(-c2ccc3c(c2)OCO3)c2cn[nH]c2n1. The molecule has 0 bridgehead atoms. The van der Waals surface area contributed by atoms with Crippen LogP contribution >= 0.6 is 0 Å². The van der Waals surface area contributed by atoms with Crippen LogP contribution in [-0.4, -0.2) is 27.0 Å². The van der Waals surface area contributed by atoms with Crippen LogP contribution in [-0.2, 0) is 0 Å². The molecule has 0 unspecified atom stereocenters. The fourth-order valence-electron chi connectivity index (χ4n) is 2.12. The molecule has 0 atom stereocenters. The monoisotopic (exact) mass is 255 g/mol. The van der Waals surface area contributed by atoms with Gasteiger partial charge in [0.2, 0.25) is 12.7 Å². The summed E-state index contributed by atoms with van der Waals surface area (Å²) in [7, 11) is 0. The molecule has 7 nitrogen and oxygen atoms in total. The number of anilines is 1. The van der Waals surface area contributed by atoms with Gasteiger partial charge in [-0.1, -0.05) is 0 Å². The molecule has 1 aliphatic heterocycles. The van der Waals surface area contributed by atoms with Crippen LogP contribution < -0.4 is 15.2 Å². The topological polar surface area (TPSA) is 98.9 Å². The molecule has 1 aliphatic rings. The van der Waals surface area contributed by atoms with Gasteiger partial charge >= 0.3 is 0 Å². The Morgan fingerprint density at radius 3 is 3.00 bits per heavy atom. The first kappa shape index (κ1) is 10.1. The molecule has 94 valence electrons. The minimum Gasteiger partial charge on any atom is -0.454 e. The highest BCUT2D eigenvalue weighted by Crippen LogP contribution is 2.36. The molecular weight excluding hydrogens is 246 g/mol. The highest BCUT2D eigenvalue weighted by molar-refractivity contribution is 5.91. The van der Waals surface area contributed by atoms with Crippen LogP contribution in [0.4, 0.5) is 5.95 Å². The third-order valence-electron chi connectivity index (χ3n) is 2.97. The van der Waals surface area contributed by atoms with Crippen molar-refractivity contribution < 1.29 is 9.47 Å². The Morgan fingerprint density at radius 2 is 2.05 bits per heavy atom. The highest BCUT2D eigenvalue weighted by Gasteiger charge is 2.16. The Bertz CT molecular complexity index is 783. The predicted octanol–water partition coefficient (Wildman–Crippen LogP) is 1.33. The van der Waals surface area contributed by atoms with Crippen molar-refractivity contribution in [3.8, 4) is 22.8 Å². The summed E-state index contributed by atoms with van der Waals surface area (Å²) in [5.74, 6) is 1.63. The second kappa shape index (κ2) is 3.58. The molecule has 3 heterocycles. The van der Waals surface area contributed by atoms with E-state index in [0.29, 0.717) is 11.4 Å². The highest BCUT2D eigenvalue weighted by atomic mass is 16.7. The van der Waals surface area contributed by atoms with Crippen molar-refractivity contribution in [3.63, 3.8) is 0 Å². The molecule has 0 aliphatic carbocycles. The molecule has 19 heavy (non-hydrogen) atoms. The Kier molecular flexibility index (Phi) is 1.91. The Morgan fingerprint density at radius 1 is 1.16 bits per heavy atom. The fraction of sp³-hybridized carbons (Fsp3) is 0.0833. The van der Waals surface area contributed by atoms with Gasteiger partial charge in [0.1, 0.15) is 0 Å². The van der Waals surface area contributed by atoms with Crippen molar-refractivity contribution in [2.75, 3.05) is 12.5 Å². The molecule has 0 saturated carbocycles. The second-order valence-electron chi connectivity index (χ2n) is 4.13. The van der Waals surface area contributed by atoms with E-state index in [0.717, 1.165) is 22.4 Å². The number of aromatic nitrogens is 4. The molecule has 7 heteroatoms. The smallest absolute Gasteiger partial charge is 0.231 e. The number of benzene rings is 1. The van der Waals surface area contributed by atoms with E-state index in [1.807, 2.05) is 18.2 Å². The predicted molar refractivity (Wildman–Crippen MR) is 67.7 cm³/mol. The van der Waals surface area contributed by atoms with Crippen molar-refractivity contribution in [1.82, 2.24) is 20.2 Å². The number of hydrogen-bond donors (Lipinski definition) is 2. The van der Waals surface area contributed by atoms with Gasteiger partial charge in [0.15, 0.2) is 17.1 Å². The lowest BCUT2D eigenvalue weighted by atomic mass is 10.1. The molecule has 1 aromatic carbocycles. The van der Waals surface area contributed by atoms with Crippen molar-refractivity contribution in [3.05, 3.63) is 24.4 Å². The molecule has 0 amide bonds. The molecule has 3 N–H and O–H groups in total. The van der Waals surface area contributed by atoms with E-state index in [1.165, 1.54) is 0 Å². The molecule has 3 aromatic rings. The number of nitrogen functional groups attached to an aromatic ring is 1. The minimum atomic E-state index is 0.199. The number of nitrogens with two attached hydrogens (primary N) is 1. The van der Waals surface area contributed by atoms with Gasteiger partial charge < -0.3 is 15.2 Å². The van der Waals surface area contributed by atoms with E-state index < -0.39 is 0 Å². The third kappa shape index (κ3) is 1.48. The van der Waals surface area contributed by atoms with Gasteiger partial charge in [-0.15, -0.1) is 0 Å². The van der Waals surface area contributed by atoms with E-state index in [1.54, 1.807) is 6.20 Å². The first-order chi connectivity index (χ1) is 9.31. The molecule has 0 saturated heterocycles. The second-order valence-corrected chi connectivity index (χ2v) is 4.13. The van der Waals surface area contributed by atoms with Crippen molar-refractivity contribution >= 4 is 17.0 Å². The van der Waals surface area contributed by atoms with Crippen LogP contribution in [0.25, 0.3) is 22.3 Å². The molecule has 0 radical (unpaired) electrons. The quantitative estimate of drug-likeness (QED) is 0.680. The summed E-state index contributed by atoms with van der Waals surface area (Å²) in [6.07, 6.45) is 1.68. The molecule has 0 fully saturated rings. The Hall–Kier alpha value is -2.83. The molecule has 0 spiro atoms. The van der Waals surface area contributed by atoms with Crippen LogP contribution in [0.5, 0.6) is 11.5 Å². The maximum absolute atomic E-state index is 5.71. The fourth-order valence-corrected chi connectivity index (χ4v) is 2.12. The summed E-state index contributed by atoms with van der Waals surface area (Å²) in [5.41, 5.74) is 7.92. The normalized spacial score (nSPS) is 13.1. The van der Waals surface area contributed by atoms with Gasteiger partial charge in [-0.05, 0) is 18.2 Å². The molecule has 4 rings (SSSR count). The van der Waals surface area contributed by atoms with Crippen LogP contribution in [0.1, 0.15) is 0 Å². The van der Waals surface area contributed by atoms with E-state index in [4.69, 9.17) is 15.2 Å². The number of nitrogens with zero attached hydrogens (tertiary/aromatic N) is 3. The van der Waals surface area contributed by atoms with Crippen LogP contribution in [0, 0.1) is 0 Å². The van der Waals surface area contributed by atoms with E-state index >= 15 is 0 Å². The van der Waals surface area contributed by atoms with Crippen LogP contribution in [0.2, 0.25) is 0 Å². The minimum absolute atomic E-state index is 0.199. The number of aromatic amines is 1. The number of H-pyrrole nitrogens is 1. The summed E-state index contributed by atoms with van der Waals surface area (Å²) in [4.78, 5) is 8.37. The number of rotatable bonds is 1. The number of ether oxygens (including phenoxy) is 2. The first-order valence-corrected chi connectivity index (χ1v) is 5.68. The maximum Gasteiger partial charge on any atom is 0.231 e. The largest absolute Gasteiger partial charge is 0.454 e. The van der Waals surface area contributed by atoms with E-state index in [2.05, 4.69) is 20.2 Å². The average Bonchev–Trinajstić information content (AvgIpc) is 3.04. The summed E-state index contributed by atoms with van der Waals surface area (Å²) in [6.45, 7) is 0.242. The maximum atomic E-state index is 5.71. The summed E-state index contributed by atoms with van der Waals surface area (Å²) in [6, 6.07) is 5.63. The van der Waals surface area contributed by atoms with Crippen molar-refractivity contribution in [2.24, 2.45) is 0 Å². The first-order valence-electron chi connectivity index (χ1n) is 5.68. The Labute approximate surface area is 107 Å². The van der Waals surface area contributed by atoms with Crippen molar-refractivity contribution in [2.45, 2.75) is 0 Å². The van der Waals surface area contributed by atoms with Crippen molar-refractivity contribution in [1.29, 1.82) is 0 Å². The number of hydrogen-bond acceptors (Lipinski definition) is 6. The van der Waals surface area contributed by atoms with E-state index in [9.17, 15) is 0 Å². The van der Waals surface area contributed by atoms with Gasteiger partial charge in [0.05, 0.1) is 17.3 Å². The van der Waals surface area contributed by atoms with Gasteiger partial charge in [-0.2, -0.15) is 10.1 Å². The summed E-state index contributed by atoms with van der Waals surface area (Å²) in [5, 5.41) is 7.56. The Balaban J connectivity index is 1.96. The zero-order chi connectivity index (χ0) is 12.8. The molecular formula is C12H9N5O2. The average molecular weight is 255 g/mol. The van der Waals surface area contributed by atoms with E-state index in [-0.39, 0.29) is 12.7 Å². The van der Waals surface area contributed by atoms with Crippen LogP contribution in [0.15, 0.2) is 24.4 Å². The zero-order valence-electron chi connectivity index (χ0n) is 9.75. The van der Waals surface area contributed by atoms with Gasteiger partial charge in [0.25, 0.3) is 0 Å². The van der Waals surface area contributed by atoms with Gasteiger partial charge in [-0.25, -0.2) is 4.98 Å². The van der Waals surface area contributed by atoms with Gasteiger partial charge in [-0.3, -0.25) is 5.10 Å².